The molecule has 0 radical (unpaired) electrons. The molecule has 0 saturated heterocycles. The molecular weight excluding hydrogens is 234 g/mol. The van der Waals surface area contributed by atoms with E-state index in [0.717, 1.165) is 27.7 Å². The Morgan fingerprint density at radius 1 is 1.47 bits per heavy atom. The van der Waals surface area contributed by atoms with E-state index in [-0.39, 0.29) is 0 Å². The van der Waals surface area contributed by atoms with Crippen LogP contribution in [0, 0.1) is 32.1 Å². The molecule has 0 aromatic carbocycles. The van der Waals surface area contributed by atoms with Gasteiger partial charge in [0.1, 0.15) is 11.1 Å². The van der Waals surface area contributed by atoms with Gasteiger partial charge in [0, 0.05) is 17.0 Å². The van der Waals surface area contributed by atoms with Gasteiger partial charge in [-0.15, -0.1) is 0 Å². The van der Waals surface area contributed by atoms with Crippen LogP contribution in [-0.4, -0.2) is 15.8 Å². The lowest BCUT2D eigenvalue weighted by Crippen LogP contribution is -1.99. The molecule has 0 aliphatic heterocycles. The molecule has 5 heteroatoms. The van der Waals surface area contributed by atoms with Crippen LogP contribution in [0.2, 0.25) is 0 Å². The Kier molecular flexibility index (Phi) is 2.82. The van der Waals surface area contributed by atoms with Gasteiger partial charge in [0.15, 0.2) is 12.0 Å². The number of hydrogen-bond donors (Lipinski definition) is 0. The Balaban J connectivity index is 2.72. The quantitative estimate of drug-likeness (QED) is 0.764. The Hall–Kier alpha value is -1.93. The van der Waals surface area contributed by atoms with Crippen molar-refractivity contribution >= 4 is 17.6 Å². The summed E-state index contributed by atoms with van der Waals surface area (Å²) >= 11 is 1.46. The predicted molar refractivity (Wildman–Crippen MR) is 65.8 cm³/mol. The standard InChI is InChI=1S/C12H11N3OS/c1-7-4-10(6-16)8(2)15(7)12-11(5-13)14-9(3)17-12/h4,6H,1-3H3. The van der Waals surface area contributed by atoms with Crippen molar-refractivity contribution in [3.8, 4) is 11.1 Å². The molecule has 0 atom stereocenters. The van der Waals surface area contributed by atoms with Crippen molar-refractivity contribution in [1.29, 1.82) is 5.26 Å². The van der Waals surface area contributed by atoms with Crippen molar-refractivity contribution in [2.24, 2.45) is 0 Å². The number of carbonyl (C=O) groups is 1. The highest BCUT2D eigenvalue weighted by molar-refractivity contribution is 7.14. The molecule has 0 spiro atoms. The van der Waals surface area contributed by atoms with Gasteiger partial charge in [-0.2, -0.15) is 5.26 Å². The van der Waals surface area contributed by atoms with Crippen molar-refractivity contribution in [2.75, 3.05) is 0 Å². The van der Waals surface area contributed by atoms with Gasteiger partial charge in [0.25, 0.3) is 0 Å². The van der Waals surface area contributed by atoms with Gasteiger partial charge in [-0.05, 0) is 26.8 Å². The first kappa shape index (κ1) is 11.6. The molecule has 2 heterocycles. The first-order valence-corrected chi connectivity index (χ1v) is 5.92. The lowest BCUT2D eigenvalue weighted by molar-refractivity contribution is 0.112. The Morgan fingerprint density at radius 2 is 2.18 bits per heavy atom. The van der Waals surface area contributed by atoms with E-state index in [1.165, 1.54) is 11.3 Å². The fourth-order valence-electron chi connectivity index (χ4n) is 1.86. The third-order valence-electron chi connectivity index (χ3n) is 2.62. The zero-order valence-corrected chi connectivity index (χ0v) is 10.6. The summed E-state index contributed by atoms with van der Waals surface area (Å²) in [5.41, 5.74) is 2.84. The first-order chi connectivity index (χ1) is 8.08. The smallest absolute Gasteiger partial charge is 0.176 e. The molecule has 2 aromatic heterocycles. The third-order valence-corrected chi connectivity index (χ3v) is 3.58. The van der Waals surface area contributed by atoms with Gasteiger partial charge in [0.05, 0.1) is 5.01 Å². The maximum Gasteiger partial charge on any atom is 0.176 e. The molecule has 2 aromatic rings. The van der Waals surface area contributed by atoms with E-state index in [1.54, 1.807) is 0 Å². The van der Waals surface area contributed by atoms with Crippen LogP contribution in [-0.2, 0) is 0 Å². The average molecular weight is 245 g/mol. The summed E-state index contributed by atoms with van der Waals surface area (Å²) in [6.45, 7) is 5.65. The summed E-state index contributed by atoms with van der Waals surface area (Å²) < 4.78 is 1.91. The van der Waals surface area contributed by atoms with Crippen molar-refractivity contribution in [3.05, 3.63) is 33.7 Å². The van der Waals surface area contributed by atoms with Gasteiger partial charge >= 0.3 is 0 Å². The number of thiazole rings is 1. The highest BCUT2D eigenvalue weighted by Crippen LogP contribution is 2.27. The normalized spacial score (nSPS) is 10.2. The third kappa shape index (κ3) is 1.77. The number of nitriles is 1. The van der Waals surface area contributed by atoms with Crippen molar-refractivity contribution < 1.29 is 4.79 Å². The second kappa shape index (κ2) is 4.15. The molecule has 17 heavy (non-hydrogen) atoms. The van der Waals surface area contributed by atoms with E-state index in [4.69, 9.17) is 5.26 Å². The Bertz CT molecular complexity index is 631. The summed E-state index contributed by atoms with van der Waals surface area (Å²) in [6, 6.07) is 3.90. The van der Waals surface area contributed by atoms with Crippen LogP contribution in [0.25, 0.3) is 5.00 Å². The zero-order chi connectivity index (χ0) is 12.6. The van der Waals surface area contributed by atoms with Crippen LogP contribution in [0.3, 0.4) is 0 Å². The molecule has 0 fully saturated rings. The average Bonchev–Trinajstić information content (AvgIpc) is 2.79. The van der Waals surface area contributed by atoms with Gasteiger partial charge in [-0.25, -0.2) is 4.98 Å². The van der Waals surface area contributed by atoms with E-state index in [0.29, 0.717) is 11.3 Å². The first-order valence-electron chi connectivity index (χ1n) is 5.10. The Labute approximate surface area is 103 Å². The number of hydrogen-bond acceptors (Lipinski definition) is 4. The maximum absolute atomic E-state index is 10.9. The van der Waals surface area contributed by atoms with Crippen molar-refractivity contribution in [3.63, 3.8) is 0 Å². The largest absolute Gasteiger partial charge is 0.307 e. The molecule has 0 aliphatic rings. The van der Waals surface area contributed by atoms with E-state index < -0.39 is 0 Å². The molecule has 0 aliphatic carbocycles. The fourth-order valence-corrected chi connectivity index (χ4v) is 2.84. The molecule has 0 N–H and O–H groups in total. The number of aromatic nitrogens is 2. The summed E-state index contributed by atoms with van der Waals surface area (Å²) in [6.07, 6.45) is 0.832. The van der Waals surface area contributed by atoms with E-state index in [2.05, 4.69) is 11.1 Å². The van der Waals surface area contributed by atoms with Gasteiger partial charge in [-0.3, -0.25) is 4.79 Å². The Morgan fingerprint density at radius 3 is 2.71 bits per heavy atom. The summed E-state index contributed by atoms with van der Waals surface area (Å²) in [5.74, 6) is 0. The highest BCUT2D eigenvalue weighted by Gasteiger charge is 2.16. The summed E-state index contributed by atoms with van der Waals surface area (Å²) in [7, 11) is 0. The van der Waals surface area contributed by atoms with Crippen molar-refractivity contribution in [1.82, 2.24) is 9.55 Å². The molecule has 0 saturated carbocycles. The SMILES string of the molecule is Cc1nc(C#N)c(-n2c(C)cc(C=O)c2C)s1. The molecular formula is C12H11N3OS. The van der Waals surface area contributed by atoms with Crippen molar-refractivity contribution in [2.45, 2.75) is 20.8 Å². The zero-order valence-electron chi connectivity index (χ0n) is 9.81. The van der Waals surface area contributed by atoms with Crippen LogP contribution in [0.4, 0.5) is 0 Å². The number of nitrogens with zero attached hydrogens (tertiary/aromatic N) is 3. The van der Waals surface area contributed by atoms with Gasteiger partial charge < -0.3 is 4.57 Å². The minimum atomic E-state index is 0.409. The van der Waals surface area contributed by atoms with Crippen LogP contribution < -0.4 is 0 Å². The molecule has 86 valence electrons. The van der Waals surface area contributed by atoms with Crippen LogP contribution in [0.1, 0.15) is 32.4 Å². The van der Waals surface area contributed by atoms with Gasteiger partial charge in [0.2, 0.25) is 0 Å². The monoisotopic (exact) mass is 245 g/mol. The fraction of sp³-hybridized carbons (Fsp3) is 0.250. The van der Waals surface area contributed by atoms with Crippen LogP contribution >= 0.6 is 11.3 Å². The number of rotatable bonds is 2. The topological polar surface area (TPSA) is 58.7 Å². The minimum Gasteiger partial charge on any atom is -0.307 e. The van der Waals surface area contributed by atoms with Crippen LogP contribution in [0.15, 0.2) is 6.07 Å². The van der Waals surface area contributed by atoms with Gasteiger partial charge in [-0.1, -0.05) is 11.3 Å². The highest BCUT2D eigenvalue weighted by atomic mass is 32.1. The number of aldehydes is 1. The van der Waals surface area contributed by atoms with E-state index >= 15 is 0 Å². The minimum absolute atomic E-state index is 0.409. The second-order valence-electron chi connectivity index (χ2n) is 3.78. The molecule has 0 amide bonds. The molecule has 0 bridgehead atoms. The maximum atomic E-state index is 10.9. The molecule has 4 nitrogen and oxygen atoms in total. The lowest BCUT2D eigenvalue weighted by Gasteiger charge is -2.05. The van der Waals surface area contributed by atoms with Crippen LogP contribution in [0.5, 0.6) is 0 Å². The number of aryl methyl sites for hydroxylation is 2. The van der Waals surface area contributed by atoms with E-state index in [1.807, 2.05) is 31.4 Å². The summed E-state index contributed by atoms with van der Waals surface area (Å²) in [5, 5.41) is 10.7. The second-order valence-corrected chi connectivity index (χ2v) is 4.96. The predicted octanol–water partition coefficient (Wildman–Crippen LogP) is 2.54. The molecule has 2 rings (SSSR count). The summed E-state index contributed by atoms with van der Waals surface area (Å²) in [4.78, 5) is 15.1. The number of carbonyl (C=O) groups excluding carboxylic acids is 1. The lowest BCUT2D eigenvalue weighted by atomic mass is 10.3. The molecule has 0 unspecified atom stereocenters. The van der Waals surface area contributed by atoms with E-state index in [9.17, 15) is 4.79 Å².